The number of piperidine rings is 1. The second kappa shape index (κ2) is 6.55. The van der Waals surface area contributed by atoms with Gasteiger partial charge in [-0.25, -0.2) is 4.90 Å². The van der Waals surface area contributed by atoms with Gasteiger partial charge in [0.25, 0.3) is 0 Å². The van der Waals surface area contributed by atoms with E-state index in [1.807, 2.05) is 32.0 Å². The van der Waals surface area contributed by atoms with Crippen LogP contribution in [-0.4, -0.2) is 23.5 Å². The molecule has 1 fully saturated rings. The van der Waals surface area contributed by atoms with E-state index in [4.69, 9.17) is 5.11 Å². The fourth-order valence-corrected chi connectivity index (χ4v) is 2.40. The van der Waals surface area contributed by atoms with E-state index in [1.165, 1.54) is 4.90 Å². The molecule has 0 radical (unpaired) electrons. The molecule has 4 nitrogen and oxygen atoms in total. The summed E-state index contributed by atoms with van der Waals surface area (Å²) >= 11 is 0. The highest BCUT2D eigenvalue weighted by Gasteiger charge is 2.32. The summed E-state index contributed by atoms with van der Waals surface area (Å²) in [5.41, 5.74) is 2.17. The molecule has 4 heteroatoms. The maximum atomic E-state index is 12.2. The Balaban J connectivity index is 2.42. The van der Waals surface area contributed by atoms with Crippen molar-refractivity contribution in [3.05, 3.63) is 29.3 Å². The Morgan fingerprint density at radius 2 is 1.95 bits per heavy atom. The van der Waals surface area contributed by atoms with Crippen LogP contribution in [0.25, 0.3) is 0 Å². The molecule has 1 aliphatic heterocycles. The zero-order valence-corrected chi connectivity index (χ0v) is 12.3. The van der Waals surface area contributed by atoms with Gasteiger partial charge in [0.15, 0.2) is 0 Å². The van der Waals surface area contributed by atoms with Crippen molar-refractivity contribution >= 4 is 17.5 Å². The molecule has 0 aromatic heterocycles. The van der Waals surface area contributed by atoms with Crippen molar-refractivity contribution in [1.82, 2.24) is 0 Å². The second-order valence-corrected chi connectivity index (χ2v) is 5.43. The summed E-state index contributed by atoms with van der Waals surface area (Å²) in [6, 6.07) is 5.52. The maximum Gasteiger partial charge on any atom is 0.234 e. The highest BCUT2D eigenvalue weighted by molar-refractivity contribution is 6.17. The van der Waals surface area contributed by atoms with E-state index in [2.05, 4.69) is 11.8 Å². The second-order valence-electron chi connectivity index (χ2n) is 5.43. The van der Waals surface area contributed by atoms with Gasteiger partial charge >= 0.3 is 0 Å². The lowest BCUT2D eigenvalue weighted by atomic mass is 9.96. The lowest BCUT2D eigenvalue weighted by molar-refractivity contribution is -0.130. The van der Waals surface area contributed by atoms with E-state index in [0.717, 1.165) is 5.56 Å². The lowest BCUT2D eigenvalue weighted by Gasteiger charge is -2.29. The summed E-state index contributed by atoms with van der Waals surface area (Å²) in [6.07, 6.45) is 1.12. The Kier molecular flexibility index (Phi) is 4.77. The first-order valence-corrected chi connectivity index (χ1v) is 7.09. The molecule has 0 aliphatic carbocycles. The van der Waals surface area contributed by atoms with Crippen LogP contribution >= 0.6 is 0 Å². The SMILES string of the molecule is Cc1ccc(C#CCCO)c(N2C(=O)CC(C)CC2=O)c1. The summed E-state index contributed by atoms with van der Waals surface area (Å²) in [5, 5.41) is 8.80. The molecule has 110 valence electrons. The van der Waals surface area contributed by atoms with Crippen molar-refractivity contribution in [3.63, 3.8) is 0 Å². The number of aliphatic hydroxyl groups excluding tert-OH is 1. The Morgan fingerprint density at radius 1 is 1.29 bits per heavy atom. The molecule has 21 heavy (non-hydrogen) atoms. The van der Waals surface area contributed by atoms with Crippen molar-refractivity contribution in [1.29, 1.82) is 0 Å². The van der Waals surface area contributed by atoms with Crippen LogP contribution in [0.2, 0.25) is 0 Å². The molecule has 1 aromatic carbocycles. The minimum atomic E-state index is -0.172. The maximum absolute atomic E-state index is 12.2. The summed E-state index contributed by atoms with van der Waals surface area (Å²) in [5.74, 6) is 5.52. The van der Waals surface area contributed by atoms with Crippen LogP contribution in [0.5, 0.6) is 0 Å². The Bertz CT molecular complexity index is 607. The number of imide groups is 1. The number of rotatable bonds is 2. The van der Waals surface area contributed by atoms with E-state index in [0.29, 0.717) is 30.5 Å². The molecular weight excluding hydrogens is 266 g/mol. The fourth-order valence-electron chi connectivity index (χ4n) is 2.40. The molecular formula is C17H19NO3. The van der Waals surface area contributed by atoms with Gasteiger partial charge in [-0.2, -0.15) is 0 Å². The summed E-state index contributed by atoms with van der Waals surface area (Å²) in [4.78, 5) is 25.7. The van der Waals surface area contributed by atoms with Gasteiger partial charge in [0.2, 0.25) is 11.8 Å². The standard InChI is InChI=1S/C17H19NO3/c1-12-6-7-14(5-3-4-8-19)15(9-12)18-16(20)10-13(2)11-17(18)21/h6-7,9,13,19H,4,8,10-11H2,1-2H3. The molecule has 1 heterocycles. The van der Waals surface area contributed by atoms with E-state index in [-0.39, 0.29) is 24.3 Å². The normalized spacial score (nSPS) is 15.9. The number of anilines is 1. The molecule has 2 rings (SSSR count). The number of hydrogen-bond donors (Lipinski definition) is 1. The smallest absolute Gasteiger partial charge is 0.234 e. The van der Waals surface area contributed by atoms with Gasteiger partial charge in [0, 0.05) is 24.8 Å². The molecule has 1 aromatic rings. The first kappa shape index (κ1) is 15.3. The molecule has 1 N–H and O–H groups in total. The summed E-state index contributed by atoms with van der Waals surface area (Å²) in [7, 11) is 0. The van der Waals surface area contributed by atoms with Gasteiger partial charge in [-0.1, -0.05) is 24.8 Å². The summed E-state index contributed by atoms with van der Waals surface area (Å²) < 4.78 is 0. The van der Waals surface area contributed by atoms with Crippen LogP contribution in [0.15, 0.2) is 18.2 Å². The van der Waals surface area contributed by atoms with Crippen molar-refractivity contribution in [2.45, 2.75) is 33.1 Å². The minimum Gasteiger partial charge on any atom is -0.395 e. The minimum absolute atomic E-state index is 0.00666. The molecule has 1 saturated heterocycles. The zero-order valence-electron chi connectivity index (χ0n) is 12.3. The third-order valence-corrected chi connectivity index (χ3v) is 3.40. The average Bonchev–Trinajstić information content (AvgIpc) is 2.40. The van der Waals surface area contributed by atoms with E-state index in [9.17, 15) is 9.59 Å². The lowest BCUT2D eigenvalue weighted by Crippen LogP contribution is -2.43. The van der Waals surface area contributed by atoms with E-state index < -0.39 is 0 Å². The number of benzene rings is 1. The van der Waals surface area contributed by atoms with Gasteiger partial charge in [0.1, 0.15) is 0 Å². The predicted octanol–water partition coefficient (Wildman–Crippen LogP) is 2.02. The molecule has 2 amide bonds. The Morgan fingerprint density at radius 3 is 2.57 bits per heavy atom. The van der Waals surface area contributed by atoms with Crippen LogP contribution in [0, 0.1) is 24.7 Å². The molecule has 1 aliphatic rings. The number of carbonyl (C=O) groups is 2. The first-order valence-electron chi connectivity index (χ1n) is 7.09. The summed E-state index contributed by atoms with van der Waals surface area (Å²) in [6.45, 7) is 3.81. The van der Waals surface area contributed by atoms with Crippen LogP contribution < -0.4 is 4.90 Å². The number of aryl methyl sites for hydroxylation is 1. The highest BCUT2D eigenvalue weighted by atomic mass is 16.2. The van der Waals surface area contributed by atoms with Crippen molar-refractivity contribution in [2.24, 2.45) is 5.92 Å². The van der Waals surface area contributed by atoms with Gasteiger partial charge in [-0.3, -0.25) is 9.59 Å². The van der Waals surface area contributed by atoms with Crippen LogP contribution in [0.1, 0.15) is 37.3 Å². The van der Waals surface area contributed by atoms with Gasteiger partial charge in [0.05, 0.1) is 12.3 Å². The number of carbonyl (C=O) groups excluding carboxylic acids is 2. The number of nitrogens with zero attached hydrogens (tertiary/aromatic N) is 1. The molecule has 0 spiro atoms. The quantitative estimate of drug-likeness (QED) is 0.668. The fraction of sp³-hybridized carbons (Fsp3) is 0.412. The molecule has 0 saturated carbocycles. The van der Waals surface area contributed by atoms with Crippen molar-refractivity contribution in [2.75, 3.05) is 11.5 Å². The van der Waals surface area contributed by atoms with Crippen molar-refractivity contribution < 1.29 is 14.7 Å². The van der Waals surface area contributed by atoms with Gasteiger partial charge in [-0.05, 0) is 30.5 Å². The van der Waals surface area contributed by atoms with E-state index in [1.54, 1.807) is 0 Å². The van der Waals surface area contributed by atoms with Crippen molar-refractivity contribution in [3.8, 4) is 11.8 Å². The largest absolute Gasteiger partial charge is 0.395 e. The van der Waals surface area contributed by atoms with Crippen LogP contribution in [0.4, 0.5) is 5.69 Å². The molecule has 0 bridgehead atoms. The number of aliphatic hydroxyl groups is 1. The van der Waals surface area contributed by atoms with Gasteiger partial charge < -0.3 is 5.11 Å². The van der Waals surface area contributed by atoms with Crippen LogP contribution in [-0.2, 0) is 9.59 Å². The zero-order chi connectivity index (χ0) is 15.4. The number of amides is 2. The first-order chi connectivity index (χ1) is 10.0. The highest BCUT2D eigenvalue weighted by Crippen LogP contribution is 2.28. The molecule has 0 unspecified atom stereocenters. The molecule has 0 atom stereocenters. The van der Waals surface area contributed by atoms with Gasteiger partial charge in [-0.15, -0.1) is 0 Å². The third kappa shape index (κ3) is 3.50. The third-order valence-electron chi connectivity index (χ3n) is 3.40. The number of hydrogen-bond acceptors (Lipinski definition) is 3. The Labute approximate surface area is 124 Å². The topological polar surface area (TPSA) is 57.6 Å². The predicted molar refractivity (Wildman–Crippen MR) is 80.7 cm³/mol. The van der Waals surface area contributed by atoms with E-state index >= 15 is 0 Å². The monoisotopic (exact) mass is 285 g/mol. The Hall–Kier alpha value is -2.12. The van der Waals surface area contributed by atoms with Crippen LogP contribution in [0.3, 0.4) is 0 Å². The average molecular weight is 285 g/mol.